The van der Waals surface area contributed by atoms with Gasteiger partial charge in [0.25, 0.3) is 0 Å². The zero-order chi connectivity index (χ0) is 15.4. The molecule has 1 aromatic carbocycles. The molecule has 0 saturated carbocycles. The molecule has 2 aliphatic heterocycles. The molecular formula is C18H26N2O2. The van der Waals surface area contributed by atoms with Crippen LogP contribution in [0.15, 0.2) is 30.3 Å². The summed E-state index contributed by atoms with van der Waals surface area (Å²) in [5.74, 6) is 0.267. The number of likely N-dealkylation sites (tertiary alicyclic amines) is 1. The van der Waals surface area contributed by atoms with E-state index in [4.69, 9.17) is 4.74 Å². The number of nitrogens with zero attached hydrogens (tertiary/aromatic N) is 2. The van der Waals surface area contributed by atoms with E-state index in [0.717, 1.165) is 45.6 Å². The SMILES string of the molecule is CN1CCC2(COCCN(C(=O)CCc3ccccc3)C2)C1. The molecule has 1 unspecified atom stereocenters. The third-order valence-electron chi connectivity index (χ3n) is 4.89. The van der Waals surface area contributed by atoms with E-state index in [-0.39, 0.29) is 11.3 Å². The zero-order valence-electron chi connectivity index (χ0n) is 13.5. The largest absolute Gasteiger partial charge is 0.379 e. The van der Waals surface area contributed by atoms with E-state index in [1.54, 1.807) is 0 Å². The molecule has 0 radical (unpaired) electrons. The number of aryl methyl sites for hydroxylation is 1. The van der Waals surface area contributed by atoms with E-state index in [2.05, 4.69) is 24.1 Å². The van der Waals surface area contributed by atoms with E-state index in [1.165, 1.54) is 5.56 Å². The van der Waals surface area contributed by atoms with E-state index in [1.807, 2.05) is 23.1 Å². The van der Waals surface area contributed by atoms with Crippen molar-refractivity contribution in [1.82, 2.24) is 9.80 Å². The van der Waals surface area contributed by atoms with Crippen molar-refractivity contribution in [2.75, 3.05) is 46.4 Å². The first kappa shape index (κ1) is 15.5. The Balaban J connectivity index is 1.59. The van der Waals surface area contributed by atoms with Gasteiger partial charge in [0.05, 0.1) is 13.2 Å². The molecule has 1 amide bonds. The topological polar surface area (TPSA) is 32.8 Å². The van der Waals surface area contributed by atoms with Gasteiger partial charge in [0.1, 0.15) is 0 Å². The van der Waals surface area contributed by atoms with Crippen LogP contribution in [-0.4, -0.2) is 62.1 Å². The van der Waals surface area contributed by atoms with Crippen molar-refractivity contribution in [3.8, 4) is 0 Å². The fraction of sp³-hybridized carbons (Fsp3) is 0.611. The van der Waals surface area contributed by atoms with Crippen molar-refractivity contribution >= 4 is 5.91 Å². The monoisotopic (exact) mass is 302 g/mol. The van der Waals surface area contributed by atoms with E-state index >= 15 is 0 Å². The van der Waals surface area contributed by atoms with Crippen LogP contribution in [0.2, 0.25) is 0 Å². The Morgan fingerprint density at radius 1 is 1.23 bits per heavy atom. The molecule has 120 valence electrons. The van der Waals surface area contributed by atoms with Gasteiger partial charge in [0.2, 0.25) is 5.91 Å². The normalized spacial score (nSPS) is 26.3. The Morgan fingerprint density at radius 2 is 2.05 bits per heavy atom. The van der Waals surface area contributed by atoms with Gasteiger partial charge >= 0.3 is 0 Å². The molecular weight excluding hydrogens is 276 g/mol. The molecule has 2 fully saturated rings. The van der Waals surface area contributed by atoms with Crippen LogP contribution in [0.5, 0.6) is 0 Å². The average molecular weight is 302 g/mol. The van der Waals surface area contributed by atoms with Crippen LogP contribution in [0.25, 0.3) is 0 Å². The lowest BCUT2D eigenvalue weighted by Gasteiger charge is -2.31. The molecule has 1 aromatic rings. The summed E-state index contributed by atoms with van der Waals surface area (Å²) in [6.07, 6.45) is 2.55. The quantitative estimate of drug-likeness (QED) is 0.853. The highest BCUT2D eigenvalue weighted by molar-refractivity contribution is 5.76. The highest BCUT2D eigenvalue weighted by atomic mass is 16.5. The van der Waals surface area contributed by atoms with Gasteiger partial charge in [0.15, 0.2) is 0 Å². The first-order chi connectivity index (χ1) is 10.7. The molecule has 4 nitrogen and oxygen atoms in total. The van der Waals surface area contributed by atoms with Crippen LogP contribution in [0, 0.1) is 5.41 Å². The molecule has 0 bridgehead atoms. The van der Waals surface area contributed by atoms with Crippen molar-refractivity contribution in [3.05, 3.63) is 35.9 Å². The summed E-state index contributed by atoms with van der Waals surface area (Å²) in [6.45, 7) is 5.19. The second-order valence-electron chi connectivity index (χ2n) is 6.84. The number of carbonyl (C=O) groups is 1. The van der Waals surface area contributed by atoms with Crippen molar-refractivity contribution in [3.63, 3.8) is 0 Å². The number of hydrogen-bond donors (Lipinski definition) is 0. The molecule has 3 rings (SSSR count). The van der Waals surface area contributed by atoms with Crippen molar-refractivity contribution in [2.24, 2.45) is 5.41 Å². The van der Waals surface area contributed by atoms with Gasteiger partial charge in [-0.05, 0) is 32.0 Å². The van der Waals surface area contributed by atoms with Crippen LogP contribution >= 0.6 is 0 Å². The van der Waals surface area contributed by atoms with Crippen molar-refractivity contribution in [2.45, 2.75) is 19.3 Å². The van der Waals surface area contributed by atoms with Gasteiger partial charge in [-0.2, -0.15) is 0 Å². The maximum atomic E-state index is 12.6. The molecule has 0 aromatic heterocycles. The van der Waals surface area contributed by atoms with Gasteiger partial charge in [-0.15, -0.1) is 0 Å². The molecule has 0 N–H and O–H groups in total. The van der Waals surface area contributed by atoms with Crippen molar-refractivity contribution in [1.29, 1.82) is 0 Å². The van der Waals surface area contributed by atoms with Crippen LogP contribution in [0.1, 0.15) is 18.4 Å². The Hall–Kier alpha value is -1.39. The van der Waals surface area contributed by atoms with Gasteiger partial charge in [-0.25, -0.2) is 0 Å². The van der Waals surface area contributed by atoms with Crippen LogP contribution in [-0.2, 0) is 16.0 Å². The Bertz CT molecular complexity index is 505. The lowest BCUT2D eigenvalue weighted by atomic mass is 9.87. The molecule has 2 saturated heterocycles. The highest BCUT2D eigenvalue weighted by Crippen LogP contribution is 2.32. The molecule has 4 heteroatoms. The maximum absolute atomic E-state index is 12.6. The highest BCUT2D eigenvalue weighted by Gasteiger charge is 2.40. The minimum atomic E-state index is 0.146. The number of amides is 1. The lowest BCUT2D eigenvalue weighted by Crippen LogP contribution is -2.43. The average Bonchev–Trinajstić information content (AvgIpc) is 2.77. The zero-order valence-corrected chi connectivity index (χ0v) is 13.5. The van der Waals surface area contributed by atoms with Gasteiger partial charge in [-0.3, -0.25) is 4.79 Å². The van der Waals surface area contributed by atoms with E-state index < -0.39 is 0 Å². The summed E-state index contributed by atoms with van der Waals surface area (Å²) in [5.41, 5.74) is 1.38. The summed E-state index contributed by atoms with van der Waals surface area (Å²) in [5, 5.41) is 0. The van der Waals surface area contributed by atoms with Crippen molar-refractivity contribution < 1.29 is 9.53 Å². The molecule has 0 aliphatic carbocycles. The molecule has 2 heterocycles. The first-order valence-electron chi connectivity index (χ1n) is 8.25. The third kappa shape index (κ3) is 3.68. The van der Waals surface area contributed by atoms with Gasteiger partial charge in [-0.1, -0.05) is 30.3 Å². The Kier molecular flexibility index (Phi) is 4.79. The maximum Gasteiger partial charge on any atom is 0.223 e. The minimum absolute atomic E-state index is 0.146. The second-order valence-corrected chi connectivity index (χ2v) is 6.84. The fourth-order valence-electron chi connectivity index (χ4n) is 3.67. The minimum Gasteiger partial charge on any atom is -0.379 e. The number of hydrogen-bond acceptors (Lipinski definition) is 3. The van der Waals surface area contributed by atoms with Gasteiger partial charge < -0.3 is 14.5 Å². The standard InChI is InChI=1S/C18H26N2O2/c1-19-10-9-18(13-19)14-20(11-12-22-15-18)17(21)8-7-16-5-3-2-4-6-16/h2-6H,7-15H2,1H3. The van der Waals surface area contributed by atoms with Crippen LogP contribution in [0.3, 0.4) is 0 Å². The Labute approximate surface area is 133 Å². The fourth-order valence-corrected chi connectivity index (χ4v) is 3.67. The molecule has 22 heavy (non-hydrogen) atoms. The second kappa shape index (κ2) is 6.80. The summed E-state index contributed by atoms with van der Waals surface area (Å²) >= 11 is 0. The summed E-state index contributed by atoms with van der Waals surface area (Å²) in [7, 11) is 2.15. The Morgan fingerprint density at radius 3 is 2.77 bits per heavy atom. The van der Waals surface area contributed by atoms with Crippen LogP contribution in [0.4, 0.5) is 0 Å². The van der Waals surface area contributed by atoms with E-state index in [0.29, 0.717) is 13.0 Å². The van der Waals surface area contributed by atoms with Gasteiger partial charge in [0, 0.05) is 31.5 Å². The number of ether oxygens (including phenoxy) is 1. The molecule has 2 aliphatic rings. The molecule has 1 spiro atoms. The summed E-state index contributed by atoms with van der Waals surface area (Å²) in [6, 6.07) is 10.3. The predicted octanol–water partition coefficient (Wildman–Crippen LogP) is 1.80. The number of carbonyl (C=O) groups excluding carboxylic acids is 1. The first-order valence-corrected chi connectivity index (χ1v) is 8.25. The summed E-state index contributed by atoms with van der Waals surface area (Å²) < 4.78 is 5.80. The summed E-state index contributed by atoms with van der Waals surface area (Å²) in [4.78, 5) is 17.0. The van der Waals surface area contributed by atoms with E-state index in [9.17, 15) is 4.79 Å². The predicted molar refractivity (Wildman–Crippen MR) is 86.7 cm³/mol. The third-order valence-corrected chi connectivity index (χ3v) is 4.89. The van der Waals surface area contributed by atoms with Crippen LogP contribution < -0.4 is 0 Å². The molecule has 1 atom stereocenters. The lowest BCUT2D eigenvalue weighted by molar-refractivity contribution is -0.132. The smallest absolute Gasteiger partial charge is 0.223 e. The number of benzene rings is 1. The number of rotatable bonds is 3.